The molecule has 0 spiro atoms. The SMILES string of the molecule is CCCCCCC[CH2][Al+][c]1ccccc1. The van der Waals surface area contributed by atoms with Gasteiger partial charge in [-0.1, -0.05) is 0 Å². The summed E-state index contributed by atoms with van der Waals surface area (Å²) in [4.78, 5) is 0. The third-order valence-corrected chi connectivity index (χ3v) is 4.29. The monoisotopic (exact) mass is 217 g/mol. The Morgan fingerprint density at radius 1 is 0.867 bits per heavy atom. The molecular formula is C14H22Al+. The van der Waals surface area contributed by atoms with Gasteiger partial charge in [-0.2, -0.15) is 0 Å². The Morgan fingerprint density at radius 2 is 1.53 bits per heavy atom. The third kappa shape index (κ3) is 6.77. The molecule has 0 saturated heterocycles. The van der Waals surface area contributed by atoms with Gasteiger partial charge in [-0.25, -0.2) is 0 Å². The average molecular weight is 217 g/mol. The second-order valence-electron chi connectivity index (χ2n) is 4.17. The van der Waals surface area contributed by atoms with Crippen molar-refractivity contribution >= 4 is 19.6 Å². The van der Waals surface area contributed by atoms with E-state index in [9.17, 15) is 0 Å². The molecule has 1 rings (SSSR count). The van der Waals surface area contributed by atoms with Gasteiger partial charge < -0.3 is 0 Å². The molecule has 0 nitrogen and oxygen atoms in total. The van der Waals surface area contributed by atoms with Crippen molar-refractivity contribution in [2.24, 2.45) is 0 Å². The Kier molecular flexibility index (Phi) is 7.70. The molecule has 0 unspecified atom stereocenters. The number of unbranched alkanes of at least 4 members (excludes halogenated alkanes) is 5. The molecule has 0 heterocycles. The van der Waals surface area contributed by atoms with Gasteiger partial charge in [-0.15, -0.1) is 0 Å². The summed E-state index contributed by atoms with van der Waals surface area (Å²) in [7, 11) is 0. The summed E-state index contributed by atoms with van der Waals surface area (Å²) >= 11 is 0.533. The summed E-state index contributed by atoms with van der Waals surface area (Å²) in [6, 6.07) is 11.0. The Hall–Kier alpha value is -0.248. The van der Waals surface area contributed by atoms with Crippen molar-refractivity contribution in [3.63, 3.8) is 0 Å². The molecule has 15 heavy (non-hydrogen) atoms. The zero-order valence-corrected chi connectivity index (χ0v) is 11.1. The van der Waals surface area contributed by atoms with Crippen LogP contribution in [0.15, 0.2) is 30.3 Å². The van der Waals surface area contributed by atoms with Crippen LogP contribution in [0, 0.1) is 0 Å². The Balaban J connectivity index is 1.93. The molecule has 80 valence electrons. The summed E-state index contributed by atoms with van der Waals surface area (Å²) in [5.41, 5.74) is 0. The molecule has 1 aromatic rings. The molecule has 0 fully saturated rings. The maximum absolute atomic E-state index is 2.28. The zero-order chi connectivity index (χ0) is 10.8. The van der Waals surface area contributed by atoms with Crippen LogP contribution in [0.2, 0.25) is 5.28 Å². The summed E-state index contributed by atoms with van der Waals surface area (Å²) < 4.78 is 1.58. The van der Waals surface area contributed by atoms with E-state index in [4.69, 9.17) is 0 Å². The van der Waals surface area contributed by atoms with Gasteiger partial charge >= 0.3 is 101 Å². The fourth-order valence-corrected chi connectivity index (χ4v) is 3.10. The van der Waals surface area contributed by atoms with E-state index in [2.05, 4.69) is 37.3 Å². The van der Waals surface area contributed by atoms with Crippen LogP contribution in [-0.4, -0.2) is 15.2 Å². The van der Waals surface area contributed by atoms with E-state index in [1.165, 1.54) is 43.8 Å². The van der Waals surface area contributed by atoms with Gasteiger partial charge in [0.2, 0.25) is 0 Å². The third-order valence-electron chi connectivity index (χ3n) is 2.74. The first kappa shape index (κ1) is 12.8. The van der Waals surface area contributed by atoms with Gasteiger partial charge in [0.05, 0.1) is 0 Å². The van der Waals surface area contributed by atoms with Crippen molar-refractivity contribution < 1.29 is 0 Å². The first-order valence-corrected chi connectivity index (χ1v) is 7.71. The molecule has 0 aliphatic rings. The summed E-state index contributed by atoms with van der Waals surface area (Å²) in [5, 5.41) is 1.44. The maximum atomic E-state index is 2.28. The number of hydrogen-bond donors (Lipinski definition) is 0. The van der Waals surface area contributed by atoms with Gasteiger partial charge in [-0.3, -0.25) is 0 Å². The van der Waals surface area contributed by atoms with Crippen molar-refractivity contribution in [2.45, 2.75) is 50.7 Å². The Labute approximate surface area is 101 Å². The molecule has 0 bridgehead atoms. The van der Waals surface area contributed by atoms with Crippen LogP contribution in [0.3, 0.4) is 0 Å². The number of rotatable bonds is 8. The van der Waals surface area contributed by atoms with Gasteiger partial charge in [-0.05, 0) is 0 Å². The van der Waals surface area contributed by atoms with Gasteiger partial charge in [0.15, 0.2) is 0 Å². The van der Waals surface area contributed by atoms with Crippen LogP contribution in [0.1, 0.15) is 45.4 Å². The molecule has 0 amide bonds. The van der Waals surface area contributed by atoms with Crippen LogP contribution >= 0.6 is 0 Å². The molecule has 0 aliphatic heterocycles. The summed E-state index contributed by atoms with van der Waals surface area (Å²) in [5.74, 6) is 0. The van der Waals surface area contributed by atoms with Crippen LogP contribution in [0.25, 0.3) is 0 Å². The normalized spacial score (nSPS) is 9.93. The van der Waals surface area contributed by atoms with E-state index in [-0.39, 0.29) is 0 Å². The molecule has 0 radical (unpaired) electrons. The van der Waals surface area contributed by atoms with Gasteiger partial charge in [0, 0.05) is 0 Å². The minimum atomic E-state index is 0.533. The van der Waals surface area contributed by atoms with Crippen LogP contribution in [-0.2, 0) is 0 Å². The van der Waals surface area contributed by atoms with Gasteiger partial charge in [0.1, 0.15) is 0 Å². The van der Waals surface area contributed by atoms with Crippen molar-refractivity contribution in [3.05, 3.63) is 30.3 Å². The van der Waals surface area contributed by atoms with E-state index in [0.29, 0.717) is 15.2 Å². The Bertz CT molecular complexity index is 230. The molecule has 0 atom stereocenters. The molecule has 0 N–H and O–H groups in total. The topological polar surface area (TPSA) is 0 Å². The standard InChI is InChI=1S/C8H17.C6H5.Al/c1-3-5-7-8-6-4-2;1-2-4-6-5-3-1;/h1,3-8H2,2H3;1-5H;/q;;+1. The molecule has 0 aromatic heterocycles. The van der Waals surface area contributed by atoms with Crippen LogP contribution in [0.5, 0.6) is 0 Å². The van der Waals surface area contributed by atoms with Crippen molar-refractivity contribution in [1.82, 2.24) is 0 Å². The molecular weight excluding hydrogens is 195 g/mol. The minimum absolute atomic E-state index is 0.533. The first-order valence-electron chi connectivity index (χ1n) is 6.31. The van der Waals surface area contributed by atoms with E-state index in [1.807, 2.05) is 0 Å². The second-order valence-corrected chi connectivity index (χ2v) is 5.82. The second kappa shape index (κ2) is 9.01. The zero-order valence-electron chi connectivity index (χ0n) is 9.91. The predicted molar refractivity (Wildman–Crippen MR) is 70.0 cm³/mol. The van der Waals surface area contributed by atoms with Crippen molar-refractivity contribution in [1.29, 1.82) is 0 Å². The predicted octanol–water partition coefficient (Wildman–Crippen LogP) is 3.79. The first-order chi connectivity index (χ1) is 7.43. The van der Waals surface area contributed by atoms with Crippen LogP contribution < -0.4 is 4.43 Å². The van der Waals surface area contributed by atoms with E-state index < -0.39 is 0 Å². The van der Waals surface area contributed by atoms with Crippen molar-refractivity contribution in [3.8, 4) is 0 Å². The molecule has 0 aliphatic carbocycles. The van der Waals surface area contributed by atoms with E-state index in [0.717, 1.165) is 0 Å². The fourth-order valence-electron chi connectivity index (χ4n) is 1.78. The molecule has 1 heteroatoms. The average Bonchev–Trinajstić information content (AvgIpc) is 2.29. The Morgan fingerprint density at radius 3 is 2.27 bits per heavy atom. The number of hydrogen-bond acceptors (Lipinski definition) is 0. The van der Waals surface area contributed by atoms with E-state index >= 15 is 0 Å². The number of benzene rings is 1. The molecule has 0 saturated carbocycles. The fraction of sp³-hybridized carbons (Fsp3) is 0.571. The van der Waals surface area contributed by atoms with Gasteiger partial charge in [0.25, 0.3) is 0 Å². The van der Waals surface area contributed by atoms with Crippen molar-refractivity contribution in [2.75, 3.05) is 0 Å². The molecule has 1 aromatic carbocycles. The summed E-state index contributed by atoms with van der Waals surface area (Å²) in [6.07, 6.45) is 8.55. The quantitative estimate of drug-likeness (QED) is 0.459. The van der Waals surface area contributed by atoms with E-state index in [1.54, 1.807) is 4.43 Å². The summed E-state index contributed by atoms with van der Waals surface area (Å²) in [6.45, 7) is 2.28. The van der Waals surface area contributed by atoms with Crippen LogP contribution in [0.4, 0.5) is 0 Å².